The number of carboxylic acids is 1. The van der Waals surface area contributed by atoms with E-state index in [0.29, 0.717) is 25.7 Å². The Labute approximate surface area is 157 Å². The van der Waals surface area contributed by atoms with Crippen molar-refractivity contribution in [3.8, 4) is 11.8 Å². The van der Waals surface area contributed by atoms with E-state index >= 15 is 0 Å². The van der Waals surface area contributed by atoms with E-state index in [2.05, 4.69) is 18.8 Å². The third-order valence-electron chi connectivity index (χ3n) is 5.09. The molecule has 0 amide bonds. The van der Waals surface area contributed by atoms with Gasteiger partial charge in [0.05, 0.1) is 6.10 Å². The molecule has 4 nitrogen and oxygen atoms in total. The van der Waals surface area contributed by atoms with Crippen molar-refractivity contribution in [2.45, 2.75) is 65.4 Å². The summed E-state index contributed by atoms with van der Waals surface area (Å²) >= 11 is 0. The highest BCUT2D eigenvalue weighted by atomic mass is 16.4. The topological polar surface area (TPSA) is 74.6 Å². The maximum Gasteiger partial charge on any atom is 0.303 e. The van der Waals surface area contributed by atoms with Crippen LogP contribution in [0.15, 0.2) is 24.3 Å². The van der Waals surface area contributed by atoms with E-state index in [1.807, 2.05) is 31.2 Å². The number of Topliss-reactive ketones (excluding diaryl/α,β-unsaturated/α-hetero) is 1. The molecule has 2 N–H and O–H groups in total. The fourth-order valence-corrected chi connectivity index (χ4v) is 3.38. The van der Waals surface area contributed by atoms with Crippen LogP contribution in [0.3, 0.4) is 0 Å². The van der Waals surface area contributed by atoms with Crippen LogP contribution in [-0.2, 0) is 9.59 Å². The molecule has 0 spiro atoms. The van der Waals surface area contributed by atoms with E-state index < -0.39 is 12.1 Å². The molecule has 0 heterocycles. The Morgan fingerprint density at radius 1 is 1.38 bits per heavy atom. The zero-order chi connectivity index (χ0) is 19.5. The van der Waals surface area contributed by atoms with Gasteiger partial charge >= 0.3 is 5.97 Å². The number of aliphatic carboxylic acids is 1. The lowest BCUT2D eigenvalue weighted by molar-refractivity contribution is -0.137. The van der Waals surface area contributed by atoms with Crippen LogP contribution in [0.4, 0.5) is 0 Å². The van der Waals surface area contributed by atoms with Crippen LogP contribution in [0.2, 0.25) is 0 Å². The Morgan fingerprint density at radius 3 is 2.77 bits per heavy atom. The minimum absolute atomic E-state index is 0.0464. The molecule has 4 heteroatoms. The van der Waals surface area contributed by atoms with Gasteiger partial charge in [0.25, 0.3) is 0 Å². The second-order valence-corrected chi connectivity index (χ2v) is 7.31. The van der Waals surface area contributed by atoms with E-state index in [-0.39, 0.29) is 35.9 Å². The summed E-state index contributed by atoms with van der Waals surface area (Å²) in [5, 5.41) is 18.9. The molecule has 0 aromatic rings. The monoisotopic (exact) mass is 360 g/mol. The summed E-state index contributed by atoms with van der Waals surface area (Å²) in [5.74, 6) is 5.78. The van der Waals surface area contributed by atoms with Gasteiger partial charge in [0.2, 0.25) is 0 Å². The summed E-state index contributed by atoms with van der Waals surface area (Å²) < 4.78 is 0. The SMILES string of the molecule is CC#CCC(C)[C@H](O)/C=C/[C@H]1[C@H](C)CC(=O)[C@@H]1C/C=C\CCCC(=O)O. The Balaban J connectivity index is 2.59. The highest BCUT2D eigenvalue weighted by Crippen LogP contribution is 2.37. The molecule has 0 aromatic heterocycles. The second-order valence-electron chi connectivity index (χ2n) is 7.31. The lowest BCUT2D eigenvalue weighted by Crippen LogP contribution is -2.18. The normalized spacial score (nSPS) is 25.4. The number of rotatable bonds is 10. The molecule has 0 aliphatic heterocycles. The van der Waals surface area contributed by atoms with Crippen molar-refractivity contribution in [3.63, 3.8) is 0 Å². The van der Waals surface area contributed by atoms with Crippen LogP contribution in [-0.4, -0.2) is 28.1 Å². The number of carbonyl (C=O) groups excluding carboxylic acids is 1. The molecule has 0 saturated heterocycles. The maximum atomic E-state index is 12.3. The van der Waals surface area contributed by atoms with Crippen molar-refractivity contribution in [1.82, 2.24) is 0 Å². The molecule has 1 aliphatic carbocycles. The molecule has 26 heavy (non-hydrogen) atoms. The lowest BCUT2D eigenvalue weighted by atomic mass is 9.86. The number of hydrogen-bond donors (Lipinski definition) is 2. The number of hydrogen-bond acceptors (Lipinski definition) is 3. The molecule has 1 rings (SSSR count). The van der Waals surface area contributed by atoms with Crippen molar-refractivity contribution < 1.29 is 19.8 Å². The molecule has 0 bridgehead atoms. The van der Waals surface area contributed by atoms with Gasteiger partial charge in [0.1, 0.15) is 5.78 Å². The van der Waals surface area contributed by atoms with Crippen molar-refractivity contribution >= 4 is 11.8 Å². The average Bonchev–Trinajstić information content (AvgIpc) is 2.86. The molecular formula is C22H32O4. The zero-order valence-electron chi connectivity index (χ0n) is 16.1. The molecule has 0 radical (unpaired) electrons. The summed E-state index contributed by atoms with van der Waals surface area (Å²) in [7, 11) is 0. The van der Waals surface area contributed by atoms with Gasteiger partial charge in [-0.3, -0.25) is 9.59 Å². The lowest BCUT2D eigenvalue weighted by Gasteiger charge is -2.19. The number of allylic oxidation sites excluding steroid dienone is 3. The highest BCUT2D eigenvalue weighted by molar-refractivity contribution is 5.84. The number of aliphatic hydroxyl groups excluding tert-OH is 1. The fourth-order valence-electron chi connectivity index (χ4n) is 3.38. The standard InChI is InChI=1S/C22H32O4/c1-4-5-10-16(2)20(23)14-13-18-17(3)15-21(24)19(18)11-8-6-7-9-12-22(25)26/h6,8,13-14,16-20,23H,7,9-12,15H2,1-3H3,(H,25,26)/b8-6-,14-13+/t16?,17-,18+,19-,20-/m1/s1. The van der Waals surface area contributed by atoms with Gasteiger partial charge < -0.3 is 10.2 Å². The number of aliphatic hydroxyl groups is 1. The molecule has 1 aliphatic rings. The molecule has 144 valence electrons. The fraction of sp³-hybridized carbons (Fsp3) is 0.636. The smallest absolute Gasteiger partial charge is 0.303 e. The van der Waals surface area contributed by atoms with Gasteiger partial charge in [-0.2, -0.15) is 0 Å². The Morgan fingerprint density at radius 2 is 2.12 bits per heavy atom. The molecule has 1 fully saturated rings. The van der Waals surface area contributed by atoms with Crippen molar-refractivity contribution in [3.05, 3.63) is 24.3 Å². The van der Waals surface area contributed by atoms with Crippen LogP contribution in [0, 0.1) is 35.5 Å². The third kappa shape index (κ3) is 7.58. The van der Waals surface area contributed by atoms with Crippen molar-refractivity contribution in [2.24, 2.45) is 23.7 Å². The number of ketones is 1. The summed E-state index contributed by atoms with van der Waals surface area (Å²) in [6.07, 6.45) is 10.7. The van der Waals surface area contributed by atoms with Crippen LogP contribution in [0.5, 0.6) is 0 Å². The number of carbonyl (C=O) groups is 2. The molecule has 0 aromatic carbocycles. The van der Waals surface area contributed by atoms with Crippen molar-refractivity contribution in [1.29, 1.82) is 0 Å². The van der Waals surface area contributed by atoms with Crippen LogP contribution >= 0.6 is 0 Å². The summed E-state index contributed by atoms with van der Waals surface area (Å²) in [5.41, 5.74) is 0. The van der Waals surface area contributed by atoms with Gasteiger partial charge in [0, 0.05) is 25.2 Å². The van der Waals surface area contributed by atoms with Crippen LogP contribution < -0.4 is 0 Å². The molecular weight excluding hydrogens is 328 g/mol. The van der Waals surface area contributed by atoms with Gasteiger partial charge in [0.15, 0.2) is 0 Å². The Kier molecular flexibility index (Phi) is 9.98. The average molecular weight is 360 g/mol. The molecule has 1 unspecified atom stereocenters. The van der Waals surface area contributed by atoms with Gasteiger partial charge in [-0.15, -0.1) is 11.8 Å². The summed E-state index contributed by atoms with van der Waals surface area (Å²) in [4.78, 5) is 22.8. The first-order chi connectivity index (χ1) is 12.4. The van der Waals surface area contributed by atoms with E-state index in [1.54, 1.807) is 6.92 Å². The first-order valence-corrected chi connectivity index (χ1v) is 9.52. The van der Waals surface area contributed by atoms with E-state index in [0.717, 1.165) is 6.42 Å². The Hall–Kier alpha value is -1.86. The Bertz CT molecular complexity index is 579. The van der Waals surface area contributed by atoms with E-state index in [1.165, 1.54) is 0 Å². The maximum absolute atomic E-state index is 12.3. The first kappa shape index (κ1) is 22.2. The first-order valence-electron chi connectivity index (χ1n) is 9.52. The van der Waals surface area contributed by atoms with Crippen LogP contribution in [0.1, 0.15) is 59.3 Å². The summed E-state index contributed by atoms with van der Waals surface area (Å²) in [6.45, 7) is 5.85. The predicted octanol–water partition coefficient (Wildman–Crippen LogP) is 4.00. The second kappa shape index (κ2) is 11.7. The predicted molar refractivity (Wildman–Crippen MR) is 103 cm³/mol. The minimum atomic E-state index is -0.777. The number of carboxylic acid groups (broad SMARTS) is 1. The van der Waals surface area contributed by atoms with E-state index in [4.69, 9.17) is 5.11 Å². The quantitative estimate of drug-likeness (QED) is 0.351. The third-order valence-corrected chi connectivity index (χ3v) is 5.09. The highest BCUT2D eigenvalue weighted by Gasteiger charge is 2.37. The molecule has 5 atom stereocenters. The molecule has 1 saturated carbocycles. The largest absolute Gasteiger partial charge is 0.481 e. The zero-order valence-corrected chi connectivity index (χ0v) is 16.1. The van der Waals surface area contributed by atoms with Gasteiger partial charge in [-0.25, -0.2) is 0 Å². The van der Waals surface area contributed by atoms with E-state index in [9.17, 15) is 14.7 Å². The van der Waals surface area contributed by atoms with Crippen molar-refractivity contribution in [2.75, 3.05) is 0 Å². The number of unbranched alkanes of at least 4 members (excludes halogenated alkanes) is 1. The minimum Gasteiger partial charge on any atom is -0.481 e. The van der Waals surface area contributed by atoms with Crippen LogP contribution in [0.25, 0.3) is 0 Å². The van der Waals surface area contributed by atoms with Gasteiger partial charge in [-0.1, -0.05) is 38.2 Å². The van der Waals surface area contributed by atoms with Gasteiger partial charge in [-0.05, 0) is 43.9 Å². The summed E-state index contributed by atoms with van der Waals surface area (Å²) in [6, 6.07) is 0.